The second-order valence-electron chi connectivity index (χ2n) is 0.944. The third-order valence-electron chi connectivity index (χ3n) is 0.392. The molecule has 4 nitrogen and oxygen atoms in total. The van der Waals surface area contributed by atoms with Gasteiger partial charge < -0.3 is 0 Å². The van der Waals surface area contributed by atoms with E-state index in [1.165, 1.54) is 0 Å². The minimum Gasteiger partial charge on any atom is -0.277 e. The van der Waals surface area contributed by atoms with E-state index in [2.05, 4.69) is 21.4 Å². The van der Waals surface area contributed by atoms with Crippen molar-refractivity contribution >= 4 is 28.2 Å². The number of amides is 2. The molecule has 0 aliphatic carbocycles. The lowest BCUT2D eigenvalue weighted by Gasteiger charge is -1.95. The van der Waals surface area contributed by atoms with Gasteiger partial charge in [-0.25, -0.2) is 0 Å². The van der Waals surface area contributed by atoms with Gasteiger partial charge in [0.1, 0.15) is 0 Å². The molecule has 0 aromatic heterocycles. The van der Waals surface area contributed by atoms with Crippen molar-refractivity contribution in [1.29, 1.82) is 0 Å². The fourth-order valence-corrected chi connectivity index (χ4v) is 0.284. The molecule has 0 aliphatic heterocycles. The molecule has 8 heavy (non-hydrogen) atoms. The topological polar surface area (TPSA) is 58.2 Å². The highest BCUT2D eigenvalue weighted by atomic mass is 79.9. The molecule has 0 aromatic carbocycles. The van der Waals surface area contributed by atoms with Crippen molar-refractivity contribution < 1.29 is 9.59 Å². The summed E-state index contributed by atoms with van der Waals surface area (Å²) in [5.74, 6) is -0.280. The maximum atomic E-state index is 10.2. The van der Waals surface area contributed by atoms with E-state index < -0.39 is 0 Å². The van der Waals surface area contributed by atoms with Crippen molar-refractivity contribution in [3.8, 4) is 0 Å². The van der Waals surface area contributed by atoms with Crippen molar-refractivity contribution in [1.82, 2.24) is 10.9 Å². The summed E-state index contributed by atoms with van der Waals surface area (Å²) < 4.78 is 0. The van der Waals surface area contributed by atoms with Crippen LogP contribution in [0.25, 0.3) is 0 Å². The van der Waals surface area contributed by atoms with E-state index in [-0.39, 0.29) is 11.2 Å². The number of alkyl halides is 1. The SMILES string of the molecule is O=CNNC(=O)CBr. The number of hydrazine groups is 1. The second kappa shape index (κ2) is 4.58. The number of rotatable bonds is 3. The Morgan fingerprint density at radius 1 is 1.75 bits per heavy atom. The third kappa shape index (κ3) is 3.60. The number of carbonyl (C=O) groups excluding carboxylic acids is 2. The average Bonchev–Trinajstić information content (AvgIpc) is 1.83. The summed E-state index contributed by atoms with van der Waals surface area (Å²) in [6.07, 6.45) is 0.389. The zero-order chi connectivity index (χ0) is 6.41. The largest absolute Gasteiger partial charge is 0.277 e. The van der Waals surface area contributed by atoms with Crippen LogP contribution in [-0.2, 0) is 9.59 Å². The Hall–Kier alpha value is -0.580. The molecule has 2 amide bonds. The van der Waals surface area contributed by atoms with Crippen LogP contribution in [0.1, 0.15) is 0 Å². The van der Waals surface area contributed by atoms with Crippen molar-refractivity contribution in [2.45, 2.75) is 0 Å². The highest BCUT2D eigenvalue weighted by Gasteiger charge is 1.91. The fraction of sp³-hybridized carbons (Fsp3) is 0.333. The van der Waals surface area contributed by atoms with Crippen LogP contribution in [0.3, 0.4) is 0 Å². The Labute approximate surface area is 54.7 Å². The van der Waals surface area contributed by atoms with Crippen LogP contribution in [0.5, 0.6) is 0 Å². The maximum Gasteiger partial charge on any atom is 0.249 e. The van der Waals surface area contributed by atoms with Crippen molar-refractivity contribution in [3.05, 3.63) is 0 Å². The molecule has 0 saturated carbocycles. The summed E-state index contributed by atoms with van der Waals surface area (Å²) in [5, 5.41) is 0.188. The third-order valence-corrected chi connectivity index (χ3v) is 0.901. The van der Waals surface area contributed by atoms with Gasteiger partial charge in [-0.1, -0.05) is 15.9 Å². The van der Waals surface area contributed by atoms with Gasteiger partial charge in [0.05, 0.1) is 5.33 Å². The van der Waals surface area contributed by atoms with Gasteiger partial charge >= 0.3 is 0 Å². The van der Waals surface area contributed by atoms with Crippen molar-refractivity contribution in [2.75, 3.05) is 5.33 Å². The molecule has 0 unspecified atom stereocenters. The van der Waals surface area contributed by atoms with E-state index >= 15 is 0 Å². The maximum absolute atomic E-state index is 10.2. The number of nitrogens with one attached hydrogen (secondary N) is 2. The van der Waals surface area contributed by atoms with Crippen LogP contribution in [0.4, 0.5) is 0 Å². The predicted octanol–water partition coefficient (Wildman–Crippen LogP) is -0.842. The molecular formula is C3H5BrN2O2. The fourth-order valence-electron chi connectivity index (χ4n) is 0.143. The highest BCUT2D eigenvalue weighted by molar-refractivity contribution is 9.09. The molecule has 0 rings (SSSR count). The molecule has 5 heteroatoms. The van der Waals surface area contributed by atoms with Gasteiger partial charge in [0, 0.05) is 0 Å². The molecule has 0 fully saturated rings. The van der Waals surface area contributed by atoms with Crippen LogP contribution in [-0.4, -0.2) is 17.6 Å². The summed E-state index contributed by atoms with van der Waals surface area (Å²) in [4.78, 5) is 19.7. The average molecular weight is 181 g/mol. The van der Waals surface area contributed by atoms with Gasteiger partial charge in [0.2, 0.25) is 12.3 Å². The molecular weight excluding hydrogens is 176 g/mol. The molecule has 0 aromatic rings. The quantitative estimate of drug-likeness (QED) is 0.338. The van der Waals surface area contributed by atoms with E-state index in [0.717, 1.165) is 0 Å². The minimum absolute atomic E-state index is 0.188. The lowest BCUT2D eigenvalue weighted by atomic mass is 10.8. The number of hydrogen-bond acceptors (Lipinski definition) is 2. The van der Waals surface area contributed by atoms with Gasteiger partial charge in [0.15, 0.2) is 0 Å². The van der Waals surface area contributed by atoms with Gasteiger partial charge in [-0.3, -0.25) is 20.4 Å². The van der Waals surface area contributed by atoms with Crippen LogP contribution in [0.2, 0.25) is 0 Å². The smallest absolute Gasteiger partial charge is 0.249 e. The minimum atomic E-state index is -0.280. The van der Waals surface area contributed by atoms with Crippen LogP contribution >= 0.6 is 15.9 Å². The molecule has 0 aliphatic rings. The Balaban J connectivity index is 3.11. The Morgan fingerprint density at radius 2 is 2.38 bits per heavy atom. The summed E-state index contributed by atoms with van der Waals surface area (Å²) >= 11 is 2.88. The Morgan fingerprint density at radius 3 is 2.75 bits per heavy atom. The van der Waals surface area contributed by atoms with Crippen LogP contribution in [0, 0.1) is 0 Å². The normalized spacial score (nSPS) is 7.62. The first-order valence-corrected chi connectivity index (χ1v) is 2.97. The molecule has 0 heterocycles. The van der Waals surface area contributed by atoms with Gasteiger partial charge in [-0.05, 0) is 0 Å². The van der Waals surface area contributed by atoms with E-state index in [4.69, 9.17) is 0 Å². The first kappa shape index (κ1) is 7.42. The summed E-state index contributed by atoms with van der Waals surface area (Å²) in [5.41, 5.74) is 4.07. The van der Waals surface area contributed by atoms with Crippen LogP contribution in [0.15, 0.2) is 0 Å². The van der Waals surface area contributed by atoms with E-state index in [9.17, 15) is 9.59 Å². The van der Waals surface area contributed by atoms with Crippen LogP contribution < -0.4 is 10.9 Å². The predicted molar refractivity (Wildman–Crippen MR) is 31.1 cm³/mol. The standard InChI is InChI=1S/C3H5BrN2O2/c4-1-3(8)6-5-2-7/h2H,1H2,(H,5,7)(H,6,8). The second-order valence-corrected chi connectivity index (χ2v) is 1.50. The monoisotopic (exact) mass is 180 g/mol. The lowest BCUT2D eigenvalue weighted by Crippen LogP contribution is -2.36. The molecule has 0 saturated heterocycles. The molecule has 2 N–H and O–H groups in total. The van der Waals surface area contributed by atoms with Gasteiger partial charge in [0.25, 0.3) is 0 Å². The van der Waals surface area contributed by atoms with Crippen molar-refractivity contribution in [2.24, 2.45) is 0 Å². The number of halogens is 1. The highest BCUT2D eigenvalue weighted by Crippen LogP contribution is 1.74. The zero-order valence-corrected chi connectivity index (χ0v) is 5.56. The summed E-state index contributed by atoms with van der Waals surface area (Å²) in [7, 11) is 0. The van der Waals surface area contributed by atoms with E-state index in [1.807, 2.05) is 5.43 Å². The molecule has 0 bridgehead atoms. The van der Waals surface area contributed by atoms with Gasteiger partial charge in [-0.2, -0.15) is 0 Å². The summed E-state index contributed by atoms with van der Waals surface area (Å²) in [6.45, 7) is 0. The molecule has 0 spiro atoms. The van der Waals surface area contributed by atoms with Gasteiger partial charge in [-0.15, -0.1) is 0 Å². The lowest BCUT2D eigenvalue weighted by molar-refractivity contribution is -0.122. The Kier molecular flexibility index (Phi) is 4.24. The van der Waals surface area contributed by atoms with E-state index in [1.54, 1.807) is 0 Å². The van der Waals surface area contributed by atoms with Crippen molar-refractivity contribution in [3.63, 3.8) is 0 Å². The van der Waals surface area contributed by atoms with E-state index in [0.29, 0.717) is 6.41 Å². The molecule has 0 atom stereocenters. The number of hydrogen-bond donors (Lipinski definition) is 2. The molecule has 0 radical (unpaired) electrons. The number of carbonyl (C=O) groups is 2. The summed E-state index contributed by atoms with van der Waals surface area (Å²) in [6, 6.07) is 0. The molecule has 46 valence electrons. The first-order valence-electron chi connectivity index (χ1n) is 1.85. The Bertz CT molecular complexity index is 95.3. The first-order chi connectivity index (χ1) is 3.81. The zero-order valence-electron chi connectivity index (χ0n) is 3.98.